The average molecular weight is 465 g/mol. The minimum Gasteiger partial charge on any atom is -0.478 e. The number of esters is 1. The quantitative estimate of drug-likeness (QED) is 0.360. The molecule has 1 atom stereocenters. The van der Waals surface area contributed by atoms with Crippen LogP contribution in [-0.4, -0.2) is 34.1 Å². The van der Waals surface area contributed by atoms with Crippen molar-refractivity contribution in [3.8, 4) is 17.2 Å². The van der Waals surface area contributed by atoms with Gasteiger partial charge in [-0.15, -0.1) is 0 Å². The number of aryl methyl sites for hydroxylation is 1. The highest BCUT2D eigenvalue weighted by Gasteiger charge is 2.18. The van der Waals surface area contributed by atoms with Crippen molar-refractivity contribution in [3.05, 3.63) is 71.8 Å². The Morgan fingerprint density at radius 3 is 2.64 bits per heavy atom. The van der Waals surface area contributed by atoms with E-state index < -0.39 is 12.1 Å². The van der Waals surface area contributed by atoms with Crippen LogP contribution in [0.15, 0.2) is 61.1 Å². The van der Waals surface area contributed by atoms with Crippen LogP contribution in [0.4, 0.5) is 11.5 Å². The lowest BCUT2D eigenvalue weighted by Crippen LogP contribution is -2.25. The van der Waals surface area contributed by atoms with E-state index in [1.807, 2.05) is 31.2 Å². The van der Waals surface area contributed by atoms with E-state index in [1.54, 1.807) is 37.4 Å². The van der Waals surface area contributed by atoms with Gasteiger partial charge in [0.15, 0.2) is 6.10 Å². The predicted octanol–water partition coefficient (Wildman–Crippen LogP) is 5.46. The van der Waals surface area contributed by atoms with Crippen molar-refractivity contribution < 1.29 is 19.0 Å². The van der Waals surface area contributed by atoms with E-state index in [0.29, 0.717) is 44.7 Å². The van der Waals surface area contributed by atoms with Crippen molar-refractivity contribution in [1.82, 2.24) is 15.0 Å². The molecular weight excluding hydrogens is 444 g/mol. The number of methoxy groups -OCH3 is 1. The van der Waals surface area contributed by atoms with Crippen LogP contribution in [0.2, 0.25) is 5.02 Å². The standard InChI is InChI=1S/C24H21ClN4O4/c1-14-7-9-17(12-26-14)33-20-10-8-16(11-18(20)25)29-23-22-19(27-13-28-23)5-4-6-21(22)32-15(2)24(30)31-3/h4-13,15H,1-3H3,(H,27,28,29)/t15-/m1/s1. The number of rotatable bonds is 7. The fourth-order valence-corrected chi connectivity index (χ4v) is 3.33. The molecule has 0 spiro atoms. The third kappa shape index (κ3) is 5.12. The molecule has 0 aliphatic carbocycles. The van der Waals surface area contributed by atoms with E-state index >= 15 is 0 Å². The molecule has 8 nitrogen and oxygen atoms in total. The highest BCUT2D eigenvalue weighted by molar-refractivity contribution is 6.32. The Kier molecular flexibility index (Phi) is 6.55. The SMILES string of the molecule is COC(=O)[C@@H](C)Oc1cccc2ncnc(Nc3ccc(Oc4ccc(C)nc4)c(Cl)c3)c12. The third-order valence-electron chi connectivity index (χ3n) is 4.77. The number of pyridine rings is 1. The fraction of sp³-hybridized carbons (Fsp3) is 0.167. The first-order chi connectivity index (χ1) is 15.9. The maximum absolute atomic E-state index is 11.8. The number of fused-ring (bicyclic) bond motifs is 1. The van der Waals surface area contributed by atoms with Gasteiger partial charge in [-0.3, -0.25) is 4.98 Å². The summed E-state index contributed by atoms with van der Waals surface area (Å²) in [7, 11) is 1.31. The van der Waals surface area contributed by atoms with Crippen molar-refractivity contribution in [2.45, 2.75) is 20.0 Å². The number of benzene rings is 2. The van der Waals surface area contributed by atoms with Gasteiger partial charge >= 0.3 is 5.97 Å². The molecule has 0 saturated carbocycles. The van der Waals surface area contributed by atoms with Crippen LogP contribution in [0.5, 0.6) is 17.2 Å². The lowest BCUT2D eigenvalue weighted by Gasteiger charge is -2.16. The monoisotopic (exact) mass is 464 g/mol. The molecule has 2 aromatic heterocycles. The number of carbonyl (C=O) groups is 1. The van der Waals surface area contributed by atoms with Crippen molar-refractivity contribution in [1.29, 1.82) is 0 Å². The summed E-state index contributed by atoms with van der Waals surface area (Å²) in [6.45, 7) is 3.52. The summed E-state index contributed by atoms with van der Waals surface area (Å²) in [6, 6.07) is 14.4. The molecule has 0 aliphatic heterocycles. The van der Waals surface area contributed by atoms with Crippen LogP contribution in [0, 0.1) is 6.92 Å². The number of ether oxygens (including phenoxy) is 3. The number of hydrogen-bond donors (Lipinski definition) is 1. The van der Waals surface area contributed by atoms with Crippen LogP contribution in [-0.2, 0) is 9.53 Å². The molecule has 0 amide bonds. The molecule has 2 heterocycles. The first kappa shape index (κ1) is 22.3. The maximum atomic E-state index is 11.8. The van der Waals surface area contributed by atoms with Crippen molar-refractivity contribution in [3.63, 3.8) is 0 Å². The molecule has 2 aromatic carbocycles. The molecule has 0 radical (unpaired) electrons. The van der Waals surface area contributed by atoms with Crippen LogP contribution in [0.3, 0.4) is 0 Å². The first-order valence-corrected chi connectivity index (χ1v) is 10.5. The van der Waals surface area contributed by atoms with Crippen molar-refractivity contribution >= 4 is 40.0 Å². The van der Waals surface area contributed by atoms with E-state index in [-0.39, 0.29) is 0 Å². The van der Waals surface area contributed by atoms with E-state index in [0.717, 1.165) is 5.69 Å². The summed E-state index contributed by atoms with van der Waals surface area (Å²) in [6.07, 6.45) is 2.29. The summed E-state index contributed by atoms with van der Waals surface area (Å²) in [4.78, 5) is 24.7. The number of nitrogens with zero attached hydrogens (tertiary/aromatic N) is 3. The number of halogens is 1. The van der Waals surface area contributed by atoms with Gasteiger partial charge in [-0.2, -0.15) is 0 Å². The Morgan fingerprint density at radius 1 is 1.06 bits per heavy atom. The van der Waals surface area contributed by atoms with Crippen LogP contribution in [0.25, 0.3) is 10.9 Å². The Balaban J connectivity index is 1.61. The molecular formula is C24H21ClN4O4. The fourth-order valence-electron chi connectivity index (χ4n) is 3.12. The number of carbonyl (C=O) groups excluding carboxylic acids is 1. The van der Waals surface area contributed by atoms with Gasteiger partial charge in [-0.05, 0) is 56.3 Å². The van der Waals surface area contributed by atoms with Crippen LogP contribution >= 0.6 is 11.6 Å². The Bertz CT molecular complexity index is 1290. The molecule has 0 fully saturated rings. The lowest BCUT2D eigenvalue weighted by molar-refractivity contribution is -0.147. The zero-order valence-corrected chi connectivity index (χ0v) is 19.0. The molecule has 1 N–H and O–H groups in total. The van der Waals surface area contributed by atoms with E-state index in [2.05, 4.69) is 20.3 Å². The van der Waals surface area contributed by atoms with Crippen LogP contribution in [0.1, 0.15) is 12.6 Å². The molecule has 168 valence electrons. The number of hydrogen-bond acceptors (Lipinski definition) is 8. The Labute approximate surface area is 195 Å². The molecule has 9 heteroatoms. The van der Waals surface area contributed by atoms with Crippen molar-refractivity contribution in [2.75, 3.05) is 12.4 Å². The highest BCUT2D eigenvalue weighted by Crippen LogP contribution is 2.35. The first-order valence-electron chi connectivity index (χ1n) is 10.1. The largest absolute Gasteiger partial charge is 0.478 e. The highest BCUT2D eigenvalue weighted by atomic mass is 35.5. The second-order valence-corrected chi connectivity index (χ2v) is 7.57. The molecule has 33 heavy (non-hydrogen) atoms. The van der Waals surface area contributed by atoms with Gasteiger partial charge in [-0.25, -0.2) is 14.8 Å². The minimum atomic E-state index is -0.796. The van der Waals surface area contributed by atoms with Crippen LogP contribution < -0.4 is 14.8 Å². The van der Waals surface area contributed by atoms with E-state index in [4.69, 9.17) is 25.8 Å². The van der Waals surface area contributed by atoms with Gasteiger partial charge < -0.3 is 19.5 Å². The lowest BCUT2D eigenvalue weighted by atomic mass is 10.2. The smallest absolute Gasteiger partial charge is 0.346 e. The van der Waals surface area contributed by atoms with Gasteiger partial charge in [0.1, 0.15) is 29.4 Å². The molecule has 0 saturated heterocycles. The molecule has 4 rings (SSSR count). The second kappa shape index (κ2) is 9.70. The summed E-state index contributed by atoms with van der Waals surface area (Å²) >= 11 is 6.45. The zero-order chi connectivity index (χ0) is 23.4. The van der Waals surface area contributed by atoms with Gasteiger partial charge in [0.05, 0.1) is 29.2 Å². The molecule has 4 aromatic rings. The van der Waals surface area contributed by atoms with E-state index in [1.165, 1.54) is 13.4 Å². The predicted molar refractivity (Wildman–Crippen MR) is 125 cm³/mol. The molecule has 0 bridgehead atoms. The number of nitrogens with one attached hydrogen (secondary N) is 1. The Morgan fingerprint density at radius 2 is 1.91 bits per heavy atom. The van der Waals surface area contributed by atoms with Gasteiger partial charge in [0.2, 0.25) is 0 Å². The van der Waals surface area contributed by atoms with Gasteiger partial charge in [-0.1, -0.05) is 17.7 Å². The van der Waals surface area contributed by atoms with Gasteiger partial charge in [0.25, 0.3) is 0 Å². The molecule has 0 unspecified atom stereocenters. The average Bonchev–Trinajstić information content (AvgIpc) is 2.82. The zero-order valence-electron chi connectivity index (χ0n) is 18.2. The summed E-state index contributed by atoms with van der Waals surface area (Å²) in [5, 5.41) is 4.28. The van der Waals surface area contributed by atoms with Crippen molar-refractivity contribution in [2.24, 2.45) is 0 Å². The maximum Gasteiger partial charge on any atom is 0.346 e. The van der Waals surface area contributed by atoms with E-state index in [9.17, 15) is 4.79 Å². The normalized spacial score (nSPS) is 11.6. The minimum absolute atomic E-state index is 0.412. The summed E-state index contributed by atoms with van der Waals surface area (Å²) in [5.74, 6) is 1.55. The Hall–Kier alpha value is -3.91. The topological polar surface area (TPSA) is 95.5 Å². The number of anilines is 2. The number of aromatic nitrogens is 3. The summed E-state index contributed by atoms with van der Waals surface area (Å²) < 4.78 is 16.4. The van der Waals surface area contributed by atoms with Gasteiger partial charge in [0, 0.05) is 11.4 Å². The summed E-state index contributed by atoms with van der Waals surface area (Å²) in [5.41, 5.74) is 2.24. The molecule has 0 aliphatic rings. The second-order valence-electron chi connectivity index (χ2n) is 7.16. The third-order valence-corrected chi connectivity index (χ3v) is 5.06.